The standard InChI is InChI=1S/C50H50N2O2/c1-5-35-9-17-39(18-10-35)31-51(32-40-19-11-36(6-2)12-20-40)43-25-27-45-47(29-43)49(53)46-28-26-44(30-48(46)50(45)54)52(33-41-21-13-37(7-3)14-22-41)34-42-23-15-38(8-4)16-24-42/h9-30H,5-8,31-34H2,1-4H3. The van der Waals surface area contributed by atoms with Gasteiger partial charge in [-0.1, -0.05) is 125 Å². The van der Waals surface area contributed by atoms with Crippen LogP contribution in [0.25, 0.3) is 0 Å². The summed E-state index contributed by atoms with van der Waals surface area (Å²) in [5, 5.41) is 0. The highest BCUT2D eigenvalue weighted by molar-refractivity contribution is 6.28. The molecule has 0 saturated heterocycles. The molecule has 0 bridgehead atoms. The highest BCUT2D eigenvalue weighted by Gasteiger charge is 2.31. The fourth-order valence-electron chi connectivity index (χ4n) is 7.40. The van der Waals surface area contributed by atoms with Gasteiger partial charge in [0.1, 0.15) is 0 Å². The summed E-state index contributed by atoms with van der Waals surface area (Å²) >= 11 is 0. The summed E-state index contributed by atoms with van der Waals surface area (Å²) in [6.45, 7) is 11.4. The highest BCUT2D eigenvalue weighted by Crippen LogP contribution is 2.34. The molecule has 272 valence electrons. The number of hydrogen-bond acceptors (Lipinski definition) is 4. The molecule has 0 heterocycles. The molecular weight excluding hydrogens is 661 g/mol. The fourth-order valence-corrected chi connectivity index (χ4v) is 7.40. The molecule has 4 heteroatoms. The summed E-state index contributed by atoms with van der Waals surface area (Å²) < 4.78 is 0. The van der Waals surface area contributed by atoms with Crippen LogP contribution in [0.15, 0.2) is 133 Å². The number of fused-ring (bicyclic) bond motifs is 2. The van der Waals surface area contributed by atoms with Crippen LogP contribution in [0.3, 0.4) is 0 Å². The maximum atomic E-state index is 14.3. The Labute approximate surface area is 321 Å². The molecule has 0 radical (unpaired) electrons. The van der Waals surface area contributed by atoms with E-state index >= 15 is 0 Å². The van der Waals surface area contributed by atoms with Crippen LogP contribution in [0.1, 0.15) is 104 Å². The van der Waals surface area contributed by atoms with Crippen LogP contribution in [0.2, 0.25) is 0 Å². The van der Waals surface area contributed by atoms with Crippen LogP contribution in [0.4, 0.5) is 11.4 Å². The molecule has 6 aromatic rings. The van der Waals surface area contributed by atoms with Crippen molar-refractivity contribution in [3.05, 3.63) is 200 Å². The number of benzene rings is 6. The molecule has 7 rings (SSSR count). The summed E-state index contributed by atoms with van der Waals surface area (Å²) in [6, 6.07) is 46.6. The fraction of sp³-hybridized carbons (Fsp3) is 0.240. The molecule has 1 aliphatic rings. The maximum Gasteiger partial charge on any atom is 0.194 e. The molecule has 0 spiro atoms. The molecule has 0 atom stereocenters. The van der Waals surface area contributed by atoms with Crippen molar-refractivity contribution in [2.75, 3.05) is 9.80 Å². The van der Waals surface area contributed by atoms with Gasteiger partial charge >= 0.3 is 0 Å². The van der Waals surface area contributed by atoms with E-state index in [-0.39, 0.29) is 11.6 Å². The smallest absolute Gasteiger partial charge is 0.194 e. The van der Waals surface area contributed by atoms with E-state index in [4.69, 9.17) is 0 Å². The lowest BCUT2D eigenvalue weighted by Crippen LogP contribution is -2.26. The normalized spacial score (nSPS) is 12.0. The van der Waals surface area contributed by atoms with Crippen molar-refractivity contribution in [3.8, 4) is 0 Å². The number of aryl methyl sites for hydroxylation is 4. The number of nitrogens with zero attached hydrogens (tertiary/aromatic N) is 2. The monoisotopic (exact) mass is 710 g/mol. The lowest BCUT2D eigenvalue weighted by atomic mass is 9.83. The SMILES string of the molecule is CCc1ccc(CN(Cc2ccc(CC)cc2)c2ccc3c(c2)C(=O)c2ccc(N(Cc4ccc(CC)cc4)Cc4ccc(CC)cc4)cc2C3=O)cc1. The van der Waals surface area contributed by atoms with E-state index in [0.717, 1.165) is 37.1 Å². The predicted molar refractivity (Wildman–Crippen MR) is 223 cm³/mol. The van der Waals surface area contributed by atoms with Crippen molar-refractivity contribution in [2.45, 2.75) is 79.6 Å². The van der Waals surface area contributed by atoms with Crippen LogP contribution in [0.5, 0.6) is 0 Å². The van der Waals surface area contributed by atoms with Crippen LogP contribution in [-0.4, -0.2) is 11.6 Å². The molecule has 0 aromatic heterocycles. The largest absolute Gasteiger partial charge is 0.363 e. The zero-order chi connectivity index (χ0) is 37.6. The van der Waals surface area contributed by atoms with Gasteiger partial charge in [0.15, 0.2) is 11.6 Å². The van der Waals surface area contributed by atoms with Gasteiger partial charge in [0.2, 0.25) is 0 Å². The molecule has 0 aliphatic heterocycles. The van der Waals surface area contributed by atoms with E-state index in [9.17, 15) is 9.59 Å². The number of anilines is 2. The molecule has 0 saturated carbocycles. The van der Waals surface area contributed by atoms with E-state index in [0.29, 0.717) is 48.4 Å². The summed E-state index contributed by atoms with van der Waals surface area (Å²) in [4.78, 5) is 33.2. The Kier molecular flexibility index (Phi) is 11.2. The average Bonchev–Trinajstić information content (AvgIpc) is 3.23. The summed E-state index contributed by atoms with van der Waals surface area (Å²) in [7, 11) is 0. The third-order valence-electron chi connectivity index (χ3n) is 10.9. The van der Waals surface area contributed by atoms with E-state index in [1.807, 2.05) is 36.4 Å². The van der Waals surface area contributed by atoms with Gasteiger partial charge in [-0.25, -0.2) is 0 Å². The van der Waals surface area contributed by atoms with Crippen LogP contribution < -0.4 is 9.80 Å². The van der Waals surface area contributed by atoms with Crippen molar-refractivity contribution in [1.82, 2.24) is 0 Å². The average molecular weight is 711 g/mol. The van der Waals surface area contributed by atoms with E-state index in [1.165, 1.54) is 44.5 Å². The minimum Gasteiger partial charge on any atom is -0.363 e. The maximum absolute atomic E-state index is 14.3. The Morgan fingerprint density at radius 1 is 0.315 bits per heavy atom. The second kappa shape index (κ2) is 16.5. The minimum absolute atomic E-state index is 0.107. The first-order valence-electron chi connectivity index (χ1n) is 19.5. The van der Waals surface area contributed by atoms with Gasteiger partial charge in [0, 0.05) is 59.8 Å². The van der Waals surface area contributed by atoms with E-state index in [1.54, 1.807) is 0 Å². The van der Waals surface area contributed by atoms with E-state index in [2.05, 4.69) is 135 Å². The topological polar surface area (TPSA) is 40.6 Å². The van der Waals surface area contributed by atoms with Gasteiger partial charge in [0.05, 0.1) is 0 Å². The van der Waals surface area contributed by atoms with Gasteiger partial charge in [-0.2, -0.15) is 0 Å². The Morgan fingerprint density at radius 3 is 0.796 bits per heavy atom. The molecule has 0 unspecified atom stereocenters. The van der Waals surface area contributed by atoms with Gasteiger partial charge in [-0.3, -0.25) is 9.59 Å². The Morgan fingerprint density at radius 2 is 0.556 bits per heavy atom. The Balaban J connectivity index is 1.20. The number of carbonyl (C=O) groups excluding carboxylic acids is 2. The molecule has 0 amide bonds. The molecule has 0 N–H and O–H groups in total. The van der Waals surface area contributed by atoms with Crippen molar-refractivity contribution < 1.29 is 9.59 Å². The summed E-state index contributed by atoms with van der Waals surface area (Å²) in [5.41, 5.74) is 13.7. The zero-order valence-electron chi connectivity index (χ0n) is 32.1. The zero-order valence-corrected chi connectivity index (χ0v) is 32.1. The number of hydrogen-bond donors (Lipinski definition) is 0. The number of carbonyl (C=O) groups is 2. The predicted octanol–water partition coefficient (Wildman–Crippen LogP) is 11.1. The summed E-state index contributed by atoms with van der Waals surface area (Å²) in [6.07, 6.45) is 3.98. The first kappa shape index (κ1) is 36.6. The molecule has 6 aromatic carbocycles. The number of ketones is 2. The second-order valence-corrected chi connectivity index (χ2v) is 14.5. The van der Waals surface area contributed by atoms with Crippen molar-refractivity contribution in [2.24, 2.45) is 0 Å². The lowest BCUT2D eigenvalue weighted by molar-refractivity contribution is 0.0979. The second-order valence-electron chi connectivity index (χ2n) is 14.5. The van der Waals surface area contributed by atoms with Crippen LogP contribution in [0, 0.1) is 0 Å². The highest BCUT2D eigenvalue weighted by atomic mass is 16.1. The molecule has 54 heavy (non-hydrogen) atoms. The third-order valence-corrected chi connectivity index (χ3v) is 10.9. The van der Waals surface area contributed by atoms with E-state index < -0.39 is 0 Å². The van der Waals surface area contributed by atoms with Crippen molar-refractivity contribution in [3.63, 3.8) is 0 Å². The summed E-state index contributed by atoms with van der Waals surface area (Å²) in [5.74, 6) is -0.214. The van der Waals surface area contributed by atoms with Gasteiger partial charge in [-0.15, -0.1) is 0 Å². The van der Waals surface area contributed by atoms with Gasteiger partial charge in [-0.05, 0) is 107 Å². The lowest BCUT2D eigenvalue weighted by Gasteiger charge is -2.29. The quantitative estimate of drug-likeness (QED) is 0.113. The first-order valence-corrected chi connectivity index (χ1v) is 19.5. The number of rotatable bonds is 14. The van der Waals surface area contributed by atoms with Crippen molar-refractivity contribution >= 4 is 22.9 Å². The first-order chi connectivity index (χ1) is 26.3. The van der Waals surface area contributed by atoms with Gasteiger partial charge < -0.3 is 9.80 Å². The Hall–Kier alpha value is -5.74. The third kappa shape index (κ3) is 8.09. The minimum atomic E-state index is -0.107. The Bertz CT molecular complexity index is 1970. The molecule has 1 aliphatic carbocycles. The van der Waals surface area contributed by atoms with Crippen LogP contribution in [-0.2, 0) is 51.9 Å². The molecule has 0 fully saturated rings. The molecule has 4 nitrogen and oxygen atoms in total. The molecular formula is C50H50N2O2. The van der Waals surface area contributed by atoms with Crippen LogP contribution >= 0.6 is 0 Å². The van der Waals surface area contributed by atoms with Gasteiger partial charge in [0.25, 0.3) is 0 Å². The van der Waals surface area contributed by atoms with Crippen molar-refractivity contribution in [1.29, 1.82) is 0 Å².